The highest BCUT2D eigenvalue weighted by atomic mass is 19.4. The van der Waals surface area contributed by atoms with Crippen LogP contribution in [0.5, 0.6) is 0 Å². The molecule has 4 aliphatic carbocycles. The Morgan fingerprint density at radius 2 is 1.62 bits per heavy atom. The van der Waals surface area contributed by atoms with E-state index in [4.69, 9.17) is 0 Å². The molecule has 2 nitrogen and oxygen atoms in total. The number of rotatable bonds is 3. The van der Waals surface area contributed by atoms with Crippen molar-refractivity contribution in [3.8, 4) is 0 Å². The van der Waals surface area contributed by atoms with Gasteiger partial charge in [0.25, 0.3) is 0 Å². The molecule has 9 atom stereocenters. The second-order valence-electron chi connectivity index (χ2n) is 11.6. The summed E-state index contributed by atoms with van der Waals surface area (Å²) in [6, 6.07) is 0. The predicted octanol–water partition coefficient (Wildman–Crippen LogP) is 6.10. The molecule has 4 saturated carbocycles. The van der Waals surface area contributed by atoms with Gasteiger partial charge in [0.1, 0.15) is 6.10 Å². The monoisotopic (exact) mass is 416 g/mol. The summed E-state index contributed by atoms with van der Waals surface area (Å²) in [5.41, 5.74) is -0.281. The molecule has 2 N–H and O–H groups in total. The van der Waals surface area contributed by atoms with Crippen LogP contribution < -0.4 is 0 Å². The van der Waals surface area contributed by atoms with Crippen LogP contribution in [-0.2, 0) is 0 Å². The van der Waals surface area contributed by atoms with Gasteiger partial charge in [-0.15, -0.1) is 0 Å². The average molecular weight is 417 g/mol. The minimum absolute atomic E-state index is 0.0212. The summed E-state index contributed by atoms with van der Waals surface area (Å²) in [7, 11) is 0. The molecule has 0 bridgehead atoms. The Morgan fingerprint density at radius 1 is 0.931 bits per heavy atom. The van der Waals surface area contributed by atoms with Gasteiger partial charge in [-0.25, -0.2) is 0 Å². The van der Waals surface area contributed by atoms with Crippen LogP contribution in [-0.4, -0.2) is 28.1 Å². The molecule has 5 heteroatoms. The molecule has 7 unspecified atom stereocenters. The lowest BCUT2D eigenvalue weighted by molar-refractivity contribution is -0.212. The zero-order valence-electron chi connectivity index (χ0n) is 18.3. The summed E-state index contributed by atoms with van der Waals surface area (Å²) in [5, 5.41) is 20.6. The van der Waals surface area contributed by atoms with E-state index in [1.807, 2.05) is 0 Å². The molecule has 0 saturated heterocycles. The summed E-state index contributed by atoms with van der Waals surface area (Å²) in [6.07, 6.45) is 3.18. The van der Waals surface area contributed by atoms with E-state index in [0.29, 0.717) is 23.7 Å². The molecular formula is C24H39F3O2. The van der Waals surface area contributed by atoms with Crippen molar-refractivity contribution in [1.29, 1.82) is 0 Å². The van der Waals surface area contributed by atoms with E-state index in [9.17, 15) is 23.4 Å². The first-order valence-corrected chi connectivity index (χ1v) is 11.9. The molecule has 4 rings (SSSR count). The van der Waals surface area contributed by atoms with Gasteiger partial charge in [0.05, 0.1) is 5.60 Å². The zero-order chi connectivity index (χ0) is 21.2. The fourth-order valence-electron chi connectivity index (χ4n) is 8.54. The smallest absolute Gasteiger partial charge is 0.390 e. The molecule has 4 aliphatic rings. The van der Waals surface area contributed by atoms with Gasteiger partial charge in [0, 0.05) is 0 Å². The topological polar surface area (TPSA) is 40.5 Å². The molecule has 29 heavy (non-hydrogen) atoms. The molecule has 4 fully saturated rings. The Kier molecular flexibility index (Phi) is 5.38. The van der Waals surface area contributed by atoms with Crippen LogP contribution >= 0.6 is 0 Å². The van der Waals surface area contributed by atoms with Crippen molar-refractivity contribution < 1.29 is 23.4 Å². The van der Waals surface area contributed by atoms with Crippen molar-refractivity contribution in [2.45, 2.75) is 109 Å². The molecule has 0 heterocycles. The first-order valence-electron chi connectivity index (χ1n) is 11.9. The van der Waals surface area contributed by atoms with Gasteiger partial charge < -0.3 is 10.2 Å². The van der Waals surface area contributed by atoms with Crippen molar-refractivity contribution in [2.24, 2.45) is 40.4 Å². The Hall–Kier alpha value is -0.290. The fraction of sp³-hybridized carbons (Fsp3) is 1.00. The quantitative estimate of drug-likeness (QED) is 0.584. The first-order chi connectivity index (χ1) is 13.4. The fourth-order valence-corrected chi connectivity index (χ4v) is 8.54. The number of halogens is 3. The molecule has 0 aromatic carbocycles. The molecule has 0 spiro atoms. The Labute approximate surface area is 173 Å². The van der Waals surface area contributed by atoms with Crippen molar-refractivity contribution >= 4 is 0 Å². The van der Waals surface area contributed by atoms with Gasteiger partial charge in [-0.2, -0.15) is 13.2 Å². The maximum Gasteiger partial charge on any atom is 0.414 e. The van der Waals surface area contributed by atoms with E-state index in [0.717, 1.165) is 57.8 Å². The Bertz CT molecular complexity index is 622. The van der Waals surface area contributed by atoms with Gasteiger partial charge in [0.2, 0.25) is 0 Å². The third-order valence-corrected chi connectivity index (χ3v) is 10.6. The number of hydrogen-bond acceptors (Lipinski definition) is 2. The molecule has 168 valence electrons. The molecular weight excluding hydrogens is 377 g/mol. The third-order valence-electron chi connectivity index (χ3n) is 10.6. The summed E-state index contributed by atoms with van der Waals surface area (Å²) in [6.45, 7) is 6.76. The summed E-state index contributed by atoms with van der Waals surface area (Å²) >= 11 is 0. The molecule has 0 radical (unpaired) electrons. The normalized spacial score (nSPS) is 51.1. The lowest BCUT2D eigenvalue weighted by Gasteiger charge is -2.62. The van der Waals surface area contributed by atoms with Gasteiger partial charge in [0.15, 0.2) is 0 Å². The van der Waals surface area contributed by atoms with Crippen molar-refractivity contribution in [2.75, 3.05) is 0 Å². The van der Waals surface area contributed by atoms with E-state index in [1.54, 1.807) is 0 Å². The number of aliphatic hydroxyl groups is 2. The van der Waals surface area contributed by atoms with Crippen LogP contribution in [0.4, 0.5) is 13.2 Å². The predicted molar refractivity (Wildman–Crippen MR) is 107 cm³/mol. The van der Waals surface area contributed by atoms with Crippen molar-refractivity contribution in [1.82, 2.24) is 0 Å². The highest BCUT2D eigenvalue weighted by Gasteiger charge is 2.61. The maximum atomic E-state index is 13.0. The van der Waals surface area contributed by atoms with Crippen LogP contribution in [0.25, 0.3) is 0 Å². The second kappa shape index (κ2) is 7.12. The minimum atomic E-state index is -4.50. The lowest BCUT2D eigenvalue weighted by atomic mass is 9.43. The van der Waals surface area contributed by atoms with Crippen LogP contribution in [0.1, 0.15) is 91.4 Å². The number of fused-ring (bicyclic) bond motifs is 5. The van der Waals surface area contributed by atoms with Crippen LogP contribution in [0.15, 0.2) is 0 Å². The lowest BCUT2D eigenvalue weighted by Crippen LogP contribution is -2.56. The van der Waals surface area contributed by atoms with E-state index in [2.05, 4.69) is 20.8 Å². The average Bonchev–Trinajstić information content (AvgIpc) is 2.98. The number of aliphatic hydroxyl groups excluding tert-OH is 1. The van der Waals surface area contributed by atoms with Gasteiger partial charge in [-0.1, -0.05) is 20.8 Å². The van der Waals surface area contributed by atoms with Crippen molar-refractivity contribution in [3.63, 3.8) is 0 Å². The Morgan fingerprint density at radius 3 is 2.28 bits per heavy atom. The van der Waals surface area contributed by atoms with Gasteiger partial charge in [-0.05, 0) is 111 Å². The standard InChI is InChI=1S/C24H39F3O2/c1-4-23(29)12-11-22(3)16(14-23)5-7-17-18-8-6-15(13-20(28)24(25,26)27)21(18,2)10-9-19(17)22/h15-20,28-29H,4-14H2,1-3H3/t15-,16?,17?,18?,19?,20?,21?,22?,23+/m1/s1. The maximum absolute atomic E-state index is 13.0. The van der Waals surface area contributed by atoms with E-state index in [-0.39, 0.29) is 23.2 Å². The number of alkyl halides is 3. The third kappa shape index (κ3) is 3.46. The highest BCUT2D eigenvalue weighted by Crippen LogP contribution is 2.68. The minimum Gasteiger partial charge on any atom is -0.390 e. The van der Waals surface area contributed by atoms with Crippen LogP contribution in [0.3, 0.4) is 0 Å². The largest absolute Gasteiger partial charge is 0.414 e. The highest BCUT2D eigenvalue weighted by molar-refractivity contribution is 5.10. The van der Waals surface area contributed by atoms with E-state index < -0.39 is 17.9 Å². The van der Waals surface area contributed by atoms with Crippen molar-refractivity contribution in [3.05, 3.63) is 0 Å². The van der Waals surface area contributed by atoms with Crippen LogP contribution in [0.2, 0.25) is 0 Å². The van der Waals surface area contributed by atoms with Gasteiger partial charge >= 0.3 is 6.18 Å². The molecule has 0 aliphatic heterocycles. The van der Waals surface area contributed by atoms with Crippen LogP contribution in [0, 0.1) is 40.4 Å². The summed E-state index contributed by atoms with van der Waals surface area (Å²) in [4.78, 5) is 0. The zero-order valence-corrected chi connectivity index (χ0v) is 18.3. The first kappa shape index (κ1) is 21.9. The summed E-state index contributed by atoms with van der Waals surface area (Å²) < 4.78 is 38.9. The SMILES string of the molecule is CC[C@]1(O)CCC2(C)C(CCC3C2CCC2(C)C3CC[C@@H]2CC(O)C(F)(F)F)C1. The molecule has 0 amide bonds. The van der Waals surface area contributed by atoms with E-state index in [1.165, 1.54) is 6.42 Å². The summed E-state index contributed by atoms with van der Waals surface area (Å²) in [5.74, 6) is 2.31. The van der Waals surface area contributed by atoms with E-state index >= 15 is 0 Å². The second-order valence-corrected chi connectivity index (χ2v) is 11.6. The number of hydrogen-bond donors (Lipinski definition) is 2. The molecule has 0 aromatic heterocycles. The molecule has 0 aromatic rings. The Balaban J connectivity index is 1.51. The van der Waals surface area contributed by atoms with Gasteiger partial charge in [-0.3, -0.25) is 0 Å².